The van der Waals surface area contributed by atoms with Crippen LogP contribution >= 0.6 is 0 Å². The maximum atomic E-state index is 3.28. The summed E-state index contributed by atoms with van der Waals surface area (Å²) >= 11 is 0. The molecule has 0 heterocycles. The van der Waals surface area contributed by atoms with E-state index in [1.807, 2.05) is 18.2 Å². The van der Waals surface area contributed by atoms with E-state index in [0.717, 1.165) is 29.7 Å². The smallest absolute Gasteiger partial charge is 0.142 e. The third-order valence-corrected chi connectivity index (χ3v) is 4.03. The van der Waals surface area contributed by atoms with Gasteiger partial charge in [0.25, 0.3) is 0 Å². The van der Waals surface area contributed by atoms with Crippen molar-refractivity contribution in [2.75, 3.05) is 5.32 Å². The predicted molar refractivity (Wildman–Crippen MR) is 102 cm³/mol. The molecule has 1 aromatic rings. The van der Waals surface area contributed by atoms with Crippen LogP contribution in [0.5, 0.6) is 0 Å². The van der Waals surface area contributed by atoms with E-state index in [4.69, 9.17) is 0 Å². The molecule has 116 valence electrons. The van der Waals surface area contributed by atoms with Gasteiger partial charge in [-0.3, -0.25) is 0 Å². The van der Waals surface area contributed by atoms with Gasteiger partial charge in [0.1, 0.15) is 5.70 Å². The highest BCUT2D eigenvalue weighted by Gasteiger charge is 2.04. The van der Waals surface area contributed by atoms with Crippen molar-refractivity contribution in [1.82, 2.24) is 0 Å². The first-order chi connectivity index (χ1) is 12.4. The van der Waals surface area contributed by atoms with Gasteiger partial charge in [0.15, 0.2) is 0 Å². The number of benzene rings is 1. The van der Waals surface area contributed by atoms with Crippen molar-refractivity contribution in [1.29, 1.82) is 0 Å². The highest BCUT2D eigenvalue weighted by molar-refractivity contribution is 5.76. The average molecular weight is 317 g/mol. The highest BCUT2D eigenvalue weighted by atomic mass is 14.9. The number of allylic oxidation sites excluding steroid dienone is 10. The van der Waals surface area contributed by atoms with Crippen LogP contribution in [-0.2, 0) is 0 Å². The summed E-state index contributed by atoms with van der Waals surface area (Å²) in [6, 6.07) is 8.38. The van der Waals surface area contributed by atoms with E-state index in [-0.39, 0.29) is 0 Å². The Labute approximate surface area is 147 Å². The lowest BCUT2D eigenvalue weighted by atomic mass is 9.99. The van der Waals surface area contributed by atoms with Gasteiger partial charge < -0.3 is 5.32 Å². The third-order valence-electron chi connectivity index (χ3n) is 4.03. The summed E-state index contributed by atoms with van der Waals surface area (Å²) in [5.41, 5.74) is 18.0. The summed E-state index contributed by atoms with van der Waals surface area (Å²) in [6.07, 6.45) is 14.6. The van der Waals surface area contributed by atoms with E-state index in [9.17, 15) is 0 Å². The lowest BCUT2D eigenvalue weighted by molar-refractivity contribution is 1.04. The van der Waals surface area contributed by atoms with Crippen molar-refractivity contribution < 1.29 is 0 Å². The molecule has 0 radical (unpaired) electrons. The molecule has 0 saturated heterocycles. The van der Waals surface area contributed by atoms with Crippen LogP contribution in [0.1, 0.15) is 18.4 Å². The van der Waals surface area contributed by atoms with Crippen molar-refractivity contribution in [3.8, 4) is 11.8 Å². The normalized spacial score (nSPS) is 16.5. The Morgan fingerprint density at radius 2 is 1.80 bits per heavy atom. The topological polar surface area (TPSA) is 12.0 Å². The maximum Gasteiger partial charge on any atom is 0.142 e. The van der Waals surface area contributed by atoms with Gasteiger partial charge in [-0.1, -0.05) is 47.9 Å². The standard InChI is InChI=1S/C24H15N/c1-3-7-19(8-4-1)21-11-15-23(16-12-21)25-24-17-13-22(14-18-24)20-9-5-2-6-10-20/h1,3,5,7,9-10,13-14,17-18,25H,2,6H2. The monoisotopic (exact) mass is 317 g/mol. The van der Waals surface area contributed by atoms with Gasteiger partial charge in [-0.2, -0.15) is 0 Å². The quantitative estimate of drug-likeness (QED) is 0.593. The van der Waals surface area contributed by atoms with Gasteiger partial charge in [-0.15, -0.1) is 0 Å². The van der Waals surface area contributed by atoms with Crippen molar-refractivity contribution in [2.45, 2.75) is 12.8 Å². The summed E-state index contributed by atoms with van der Waals surface area (Å²) in [6.45, 7) is 0. The van der Waals surface area contributed by atoms with Crippen LogP contribution in [0.3, 0.4) is 0 Å². The van der Waals surface area contributed by atoms with Crippen molar-refractivity contribution in [2.24, 2.45) is 0 Å². The Kier molecular flexibility index (Phi) is 4.12. The molecule has 1 N–H and O–H groups in total. The molecule has 0 bridgehead atoms. The van der Waals surface area contributed by atoms with Crippen LogP contribution in [0, 0.1) is 11.8 Å². The Morgan fingerprint density at radius 1 is 0.880 bits per heavy atom. The summed E-state index contributed by atoms with van der Waals surface area (Å²) in [4.78, 5) is 0. The first-order valence-corrected chi connectivity index (χ1v) is 8.29. The van der Waals surface area contributed by atoms with Crippen molar-refractivity contribution >= 4 is 11.3 Å². The van der Waals surface area contributed by atoms with Crippen molar-refractivity contribution in [3.05, 3.63) is 106 Å². The van der Waals surface area contributed by atoms with Gasteiger partial charge in [0, 0.05) is 11.3 Å². The van der Waals surface area contributed by atoms with Gasteiger partial charge in [-0.05, 0) is 71.6 Å². The number of anilines is 1. The molecule has 0 spiro atoms. The molecule has 3 aliphatic rings. The fraction of sp³-hybridized carbons (Fsp3) is 0.0833. The molecule has 0 unspecified atom stereocenters. The maximum absolute atomic E-state index is 3.28. The fourth-order valence-corrected chi connectivity index (χ4v) is 2.73. The van der Waals surface area contributed by atoms with E-state index in [1.54, 1.807) is 0 Å². The lowest BCUT2D eigenvalue weighted by Crippen LogP contribution is -1.98. The van der Waals surface area contributed by atoms with E-state index in [0.29, 0.717) is 5.70 Å². The van der Waals surface area contributed by atoms with E-state index < -0.39 is 0 Å². The van der Waals surface area contributed by atoms with E-state index >= 15 is 0 Å². The molecule has 4 rings (SSSR count). The summed E-state index contributed by atoms with van der Waals surface area (Å²) in [5.74, 6) is 6.18. The minimum atomic E-state index is 0.716. The van der Waals surface area contributed by atoms with Gasteiger partial charge in [0.2, 0.25) is 0 Å². The van der Waals surface area contributed by atoms with Crippen LogP contribution < -0.4 is 5.32 Å². The zero-order valence-corrected chi connectivity index (χ0v) is 13.7. The average Bonchev–Trinajstić information content (AvgIpc) is 2.71. The second kappa shape index (κ2) is 6.88. The number of hydrogen-bond donors (Lipinski definition) is 1. The van der Waals surface area contributed by atoms with Crippen LogP contribution in [0.4, 0.5) is 5.69 Å². The Morgan fingerprint density at radius 3 is 2.48 bits per heavy atom. The molecule has 0 aromatic heterocycles. The first kappa shape index (κ1) is 15.0. The van der Waals surface area contributed by atoms with Crippen molar-refractivity contribution in [3.63, 3.8) is 0 Å². The minimum absolute atomic E-state index is 0.716. The second-order valence-electron chi connectivity index (χ2n) is 5.80. The molecule has 0 atom stereocenters. The zero-order chi connectivity index (χ0) is 16.9. The Bertz CT molecular complexity index is 1080. The minimum Gasteiger partial charge on any atom is -0.341 e. The number of nitrogens with one attached hydrogen (secondary N) is 1. The second-order valence-corrected chi connectivity index (χ2v) is 5.80. The molecule has 25 heavy (non-hydrogen) atoms. The van der Waals surface area contributed by atoms with E-state index in [2.05, 4.69) is 82.6 Å². The SMILES string of the molecule is C1=C=C(C2=C=C=C(Nc3ccc(C4=CCCC=C4)cc3)C#C2)C=CC=1. The van der Waals surface area contributed by atoms with Crippen LogP contribution in [-0.4, -0.2) is 0 Å². The molecule has 1 aromatic carbocycles. The van der Waals surface area contributed by atoms with Crippen LogP contribution in [0.2, 0.25) is 0 Å². The van der Waals surface area contributed by atoms with E-state index in [1.165, 1.54) is 11.1 Å². The summed E-state index contributed by atoms with van der Waals surface area (Å²) < 4.78 is 0. The summed E-state index contributed by atoms with van der Waals surface area (Å²) in [7, 11) is 0. The molecule has 0 fully saturated rings. The number of hydrogen-bond acceptors (Lipinski definition) is 1. The Hall–Kier alpha value is -3.60. The highest BCUT2D eigenvalue weighted by Crippen LogP contribution is 2.23. The van der Waals surface area contributed by atoms with Crippen LogP contribution in [0.25, 0.3) is 5.57 Å². The predicted octanol–water partition coefficient (Wildman–Crippen LogP) is 5.22. The molecule has 3 aliphatic carbocycles. The first-order valence-electron chi connectivity index (χ1n) is 8.29. The Balaban J connectivity index is 1.54. The van der Waals surface area contributed by atoms with Crippen LogP contribution in [0.15, 0.2) is 100 Å². The molecule has 0 saturated carbocycles. The fourth-order valence-electron chi connectivity index (χ4n) is 2.73. The van der Waals surface area contributed by atoms with Gasteiger partial charge >= 0.3 is 0 Å². The van der Waals surface area contributed by atoms with Gasteiger partial charge in [0.05, 0.1) is 5.57 Å². The molecule has 0 aliphatic heterocycles. The molecular weight excluding hydrogens is 302 g/mol. The largest absolute Gasteiger partial charge is 0.341 e. The number of rotatable bonds is 4. The third kappa shape index (κ3) is 3.50. The molecule has 1 nitrogen and oxygen atoms in total. The molecule has 1 heteroatoms. The van der Waals surface area contributed by atoms with Gasteiger partial charge in [-0.25, -0.2) is 0 Å². The molecular formula is C24H15N. The zero-order valence-electron chi connectivity index (χ0n) is 13.7. The summed E-state index contributed by atoms with van der Waals surface area (Å²) in [5, 5.41) is 3.28. The molecule has 0 amide bonds. The lowest BCUT2D eigenvalue weighted by Gasteiger charge is -2.09.